The third kappa shape index (κ3) is 4.75. The number of phenolic OH excluding ortho intramolecular Hbond substituents is 1. The molecule has 2 aromatic heterocycles. The maximum atomic E-state index is 13.2. The SMILES string of the molecule is Br.Br.COc1ccc(F)c2sc(N)nc12.Nc1nc2c(O)ccc(F)c2s1. The van der Waals surface area contributed by atoms with Crippen molar-refractivity contribution < 1.29 is 18.6 Å². The number of anilines is 2. The summed E-state index contributed by atoms with van der Waals surface area (Å²) < 4.78 is 31.9. The van der Waals surface area contributed by atoms with Gasteiger partial charge in [0.2, 0.25) is 0 Å². The Morgan fingerprint density at radius 1 is 0.889 bits per heavy atom. The monoisotopic (exact) mass is 542 g/mol. The molecule has 0 aliphatic rings. The molecule has 0 saturated heterocycles. The van der Waals surface area contributed by atoms with E-state index in [4.69, 9.17) is 16.2 Å². The summed E-state index contributed by atoms with van der Waals surface area (Å²) >= 11 is 2.14. The van der Waals surface area contributed by atoms with Gasteiger partial charge in [-0.05, 0) is 24.3 Å². The van der Waals surface area contributed by atoms with E-state index < -0.39 is 5.82 Å². The number of aromatic hydroxyl groups is 1. The number of aromatic nitrogens is 2. The van der Waals surface area contributed by atoms with Gasteiger partial charge in [0.25, 0.3) is 0 Å². The maximum Gasteiger partial charge on any atom is 0.181 e. The number of phenols is 1. The van der Waals surface area contributed by atoms with Crippen molar-refractivity contribution in [3.8, 4) is 11.5 Å². The molecule has 0 aliphatic heterocycles. The molecule has 0 aliphatic carbocycles. The first-order valence-electron chi connectivity index (χ1n) is 6.82. The molecule has 0 unspecified atom stereocenters. The Hall–Kier alpha value is -1.76. The van der Waals surface area contributed by atoms with E-state index in [0.29, 0.717) is 25.8 Å². The number of rotatable bonds is 1. The summed E-state index contributed by atoms with van der Waals surface area (Å²) in [5, 5.41) is 9.83. The van der Waals surface area contributed by atoms with Crippen LogP contribution in [0.25, 0.3) is 20.4 Å². The van der Waals surface area contributed by atoms with Crippen LogP contribution < -0.4 is 16.2 Å². The molecule has 0 bridgehead atoms. The van der Waals surface area contributed by atoms with Crippen molar-refractivity contribution in [2.75, 3.05) is 18.6 Å². The molecule has 0 saturated carbocycles. The van der Waals surface area contributed by atoms with Crippen LogP contribution in [-0.4, -0.2) is 22.2 Å². The second-order valence-corrected chi connectivity index (χ2v) is 6.84. The van der Waals surface area contributed by atoms with Crippen molar-refractivity contribution in [1.82, 2.24) is 9.97 Å². The molecule has 0 spiro atoms. The highest BCUT2D eigenvalue weighted by Gasteiger charge is 2.11. The molecule has 5 N–H and O–H groups in total. The number of ether oxygens (including phenoxy) is 1. The van der Waals surface area contributed by atoms with Crippen LogP contribution in [0.3, 0.4) is 0 Å². The van der Waals surface area contributed by atoms with Crippen LogP contribution in [0.4, 0.5) is 19.0 Å². The predicted molar refractivity (Wildman–Crippen MR) is 117 cm³/mol. The zero-order chi connectivity index (χ0) is 18.1. The minimum Gasteiger partial charge on any atom is -0.506 e. The number of methoxy groups -OCH3 is 1. The van der Waals surface area contributed by atoms with Gasteiger partial charge in [-0.15, -0.1) is 34.0 Å². The smallest absolute Gasteiger partial charge is 0.181 e. The fourth-order valence-electron chi connectivity index (χ4n) is 2.11. The summed E-state index contributed by atoms with van der Waals surface area (Å²) in [6, 6.07) is 5.34. The van der Waals surface area contributed by atoms with Gasteiger partial charge in [-0.3, -0.25) is 0 Å². The van der Waals surface area contributed by atoms with Gasteiger partial charge in [-0.1, -0.05) is 22.7 Å². The van der Waals surface area contributed by atoms with Crippen LogP contribution in [0.2, 0.25) is 0 Å². The van der Waals surface area contributed by atoms with Crippen molar-refractivity contribution in [1.29, 1.82) is 0 Å². The van der Waals surface area contributed by atoms with E-state index in [2.05, 4.69) is 9.97 Å². The van der Waals surface area contributed by atoms with Crippen molar-refractivity contribution in [2.45, 2.75) is 0 Å². The van der Waals surface area contributed by atoms with Gasteiger partial charge >= 0.3 is 0 Å². The lowest BCUT2D eigenvalue weighted by Gasteiger charge is -1.99. The highest BCUT2D eigenvalue weighted by molar-refractivity contribution is 8.93. The maximum absolute atomic E-state index is 13.2. The van der Waals surface area contributed by atoms with Crippen LogP contribution in [-0.2, 0) is 0 Å². The molecule has 12 heteroatoms. The third-order valence-electron chi connectivity index (χ3n) is 3.19. The fourth-order valence-corrected chi connectivity index (χ4v) is 3.63. The average molecular weight is 544 g/mol. The molecular formula is C15H14Br2F2N4O2S2. The number of fused-ring (bicyclic) bond motifs is 2. The molecular weight excluding hydrogens is 530 g/mol. The van der Waals surface area contributed by atoms with Gasteiger partial charge in [-0.2, -0.15) is 0 Å². The van der Waals surface area contributed by atoms with E-state index >= 15 is 0 Å². The van der Waals surface area contributed by atoms with Crippen LogP contribution in [0, 0.1) is 11.6 Å². The van der Waals surface area contributed by atoms with E-state index in [9.17, 15) is 13.9 Å². The summed E-state index contributed by atoms with van der Waals surface area (Å²) in [4.78, 5) is 7.76. The molecule has 6 nitrogen and oxygen atoms in total. The van der Waals surface area contributed by atoms with Crippen LogP contribution in [0.1, 0.15) is 0 Å². The fraction of sp³-hybridized carbons (Fsp3) is 0.0667. The molecule has 2 heterocycles. The van der Waals surface area contributed by atoms with Crippen LogP contribution in [0.5, 0.6) is 11.5 Å². The number of thiazole rings is 2. The van der Waals surface area contributed by atoms with Crippen molar-refractivity contribution in [3.63, 3.8) is 0 Å². The highest BCUT2D eigenvalue weighted by Crippen LogP contribution is 2.33. The summed E-state index contributed by atoms with van der Waals surface area (Å²) in [5.41, 5.74) is 11.6. The number of nitrogens with two attached hydrogens (primary N) is 2. The summed E-state index contributed by atoms with van der Waals surface area (Å²) in [5.74, 6) is -0.217. The van der Waals surface area contributed by atoms with Gasteiger partial charge in [0.05, 0.1) is 16.5 Å². The van der Waals surface area contributed by atoms with E-state index in [0.717, 1.165) is 22.7 Å². The summed E-state index contributed by atoms with van der Waals surface area (Å²) in [6.45, 7) is 0. The van der Waals surface area contributed by atoms with E-state index in [1.807, 2.05) is 0 Å². The average Bonchev–Trinajstić information content (AvgIpc) is 3.16. The Kier molecular flexibility index (Phi) is 8.14. The molecule has 146 valence electrons. The Balaban J connectivity index is 0.000000252. The number of nitrogen functional groups attached to an aromatic ring is 2. The first-order chi connectivity index (χ1) is 11.9. The van der Waals surface area contributed by atoms with Gasteiger partial charge in [0, 0.05) is 0 Å². The molecule has 0 atom stereocenters. The Bertz CT molecular complexity index is 1040. The van der Waals surface area contributed by atoms with E-state index in [1.165, 1.54) is 31.4 Å². The number of hydrogen-bond donors (Lipinski definition) is 3. The van der Waals surface area contributed by atoms with E-state index in [1.54, 1.807) is 0 Å². The first-order valence-corrected chi connectivity index (χ1v) is 8.46. The number of nitrogens with zero attached hydrogens (tertiary/aromatic N) is 2. The zero-order valence-corrected chi connectivity index (χ0v) is 18.7. The minimum atomic E-state index is -0.406. The largest absolute Gasteiger partial charge is 0.506 e. The number of benzene rings is 2. The van der Waals surface area contributed by atoms with Crippen LogP contribution >= 0.6 is 56.6 Å². The summed E-state index contributed by atoms with van der Waals surface area (Å²) in [6.07, 6.45) is 0. The van der Waals surface area contributed by atoms with Crippen LogP contribution in [0.15, 0.2) is 24.3 Å². The number of hydrogen-bond acceptors (Lipinski definition) is 8. The molecule has 0 fully saturated rings. The molecule has 2 aromatic carbocycles. The predicted octanol–water partition coefficient (Wildman–Crippen LogP) is 4.91. The minimum absolute atomic E-state index is 0. The standard InChI is InChI=1S/C8H7FN2OS.C7H5FN2OS.2BrH/c1-12-5-3-2-4(9)7-6(5)11-8(10)13-7;8-3-1-2-4(11)5-6(3)12-7(9)10-5;;/h2-3H,1H3,(H2,10,11);1-2,11H,(H2,9,10);2*1H. The Labute approximate surface area is 181 Å². The van der Waals surface area contributed by atoms with Crippen molar-refractivity contribution in [2.24, 2.45) is 0 Å². The van der Waals surface area contributed by atoms with Gasteiger partial charge < -0.3 is 21.3 Å². The molecule has 4 aromatic rings. The van der Waals surface area contributed by atoms with Gasteiger partial charge in [0.1, 0.15) is 34.2 Å². The Morgan fingerprint density at radius 2 is 1.37 bits per heavy atom. The molecule has 0 amide bonds. The summed E-state index contributed by atoms with van der Waals surface area (Å²) in [7, 11) is 1.52. The van der Waals surface area contributed by atoms with Crippen molar-refractivity contribution >= 4 is 87.3 Å². The lowest BCUT2D eigenvalue weighted by molar-refractivity contribution is 0.418. The first kappa shape index (κ1) is 23.3. The molecule has 0 radical (unpaired) electrons. The lowest BCUT2D eigenvalue weighted by atomic mass is 10.3. The van der Waals surface area contributed by atoms with E-state index in [-0.39, 0.29) is 56.2 Å². The Morgan fingerprint density at radius 3 is 1.89 bits per heavy atom. The van der Waals surface area contributed by atoms with Crippen molar-refractivity contribution in [3.05, 3.63) is 35.9 Å². The zero-order valence-electron chi connectivity index (χ0n) is 13.6. The quantitative estimate of drug-likeness (QED) is 0.315. The second kappa shape index (κ2) is 9.44. The normalized spacial score (nSPS) is 9.89. The van der Waals surface area contributed by atoms with Gasteiger partial charge in [-0.25, -0.2) is 18.7 Å². The second-order valence-electron chi connectivity index (χ2n) is 4.78. The lowest BCUT2D eigenvalue weighted by Crippen LogP contribution is -1.86. The topological polar surface area (TPSA) is 107 Å². The highest BCUT2D eigenvalue weighted by atomic mass is 79.9. The van der Waals surface area contributed by atoms with Gasteiger partial charge in [0.15, 0.2) is 10.3 Å². The number of halogens is 4. The molecule has 27 heavy (non-hydrogen) atoms. The molecule has 4 rings (SSSR count). The third-order valence-corrected chi connectivity index (χ3v) is 4.97.